The molecule has 0 unspecified atom stereocenters. The first-order valence-electron chi connectivity index (χ1n) is 10.6. The molecule has 1 saturated carbocycles. The number of aliphatic hydroxyl groups is 1. The van der Waals surface area contributed by atoms with E-state index in [0.717, 1.165) is 31.5 Å². The first-order valence-corrected chi connectivity index (χ1v) is 10.6. The minimum Gasteiger partial charge on any atom is -0.382 e. The Hall–Kier alpha value is -2.67. The van der Waals surface area contributed by atoms with Gasteiger partial charge in [-0.15, -0.1) is 0 Å². The van der Waals surface area contributed by atoms with Gasteiger partial charge in [0.2, 0.25) is 0 Å². The Morgan fingerprint density at radius 1 is 1.21 bits per heavy atom. The fraction of sp³-hybridized carbons (Fsp3) is 0.500. The van der Waals surface area contributed by atoms with E-state index < -0.39 is 5.60 Å². The van der Waals surface area contributed by atoms with Gasteiger partial charge in [-0.25, -0.2) is 14.8 Å². The van der Waals surface area contributed by atoms with Crippen LogP contribution in [0.15, 0.2) is 35.1 Å². The summed E-state index contributed by atoms with van der Waals surface area (Å²) in [4.78, 5) is 22.7. The van der Waals surface area contributed by atoms with Crippen LogP contribution in [-0.2, 0) is 25.1 Å². The number of nitrogens with one attached hydrogen (secondary N) is 1. The summed E-state index contributed by atoms with van der Waals surface area (Å²) >= 11 is 0. The van der Waals surface area contributed by atoms with Gasteiger partial charge in [0, 0.05) is 19.1 Å². The van der Waals surface area contributed by atoms with Crippen LogP contribution in [0.1, 0.15) is 50.4 Å². The Morgan fingerprint density at radius 3 is 2.69 bits per heavy atom. The molecule has 29 heavy (non-hydrogen) atoms. The lowest BCUT2D eigenvalue weighted by atomic mass is 10.0. The van der Waals surface area contributed by atoms with Gasteiger partial charge in [-0.05, 0) is 44.1 Å². The van der Waals surface area contributed by atoms with Gasteiger partial charge in [-0.3, -0.25) is 9.13 Å². The monoisotopic (exact) mass is 393 g/mol. The van der Waals surface area contributed by atoms with E-state index >= 15 is 0 Å². The number of nitrogens with zero attached hydrogens (tertiary/aromatic N) is 4. The molecule has 1 atom stereocenters. The van der Waals surface area contributed by atoms with Crippen molar-refractivity contribution in [2.75, 3.05) is 5.32 Å². The Labute approximate surface area is 169 Å². The average molecular weight is 393 g/mol. The highest BCUT2D eigenvalue weighted by molar-refractivity contribution is 5.70. The second-order valence-corrected chi connectivity index (χ2v) is 8.38. The molecule has 0 aromatic heterocycles. The Morgan fingerprint density at radius 2 is 1.97 bits per heavy atom. The molecule has 3 heterocycles. The van der Waals surface area contributed by atoms with E-state index in [1.165, 1.54) is 5.56 Å². The molecule has 1 aliphatic carbocycles. The van der Waals surface area contributed by atoms with Crippen LogP contribution in [0.3, 0.4) is 0 Å². The van der Waals surface area contributed by atoms with Crippen molar-refractivity contribution in [2.24, 2.45) is 0 Å². The van der Waals surface area contributed by atoms with E-state index in [4.69, 9.17) is 4.98 Å². The lowest BCUT2D eigenvalue weighted by Gasteiger charge is -2.17. The normalized spacial score (nSPS) is 20.1. The molecule has 0 saturated heterocycles. The molecule has 1 aromatic rings. The molecule has 0 amide bonds. The van der Waals surface area contributed by atoms with Crippen molar-refractivity contribution in [3.05, 3.63) is 52.2 Å². The van der Waals surface area contributed by atoms with Crippen LogP contribution in [0.4, 0.5) is 5.82 Å². The van der Waals surface area contributed by atoms with E-state index in [0.29, 0.717) is 43.3 Å². The van der Waals surface area contributed by atoms with E-state index in [-0.39, 0.29) is 11.7 Å². The van der Waals surface area contributed by atoms with Gasteiger partial charge in [0.05, 0.1) is 0 Å². The number of hydrogen-bond donors (Lipinski definition) is 2. The van der Waals surface area contributed by atoms with Crippen molar-refractivity contribution in [1.29, 1.82) is 0 Å². The molecule has 0 spiro atoms. The lowest BCUT2D eigenvalue weighted by molar-refractivity contribution is 0.0361. The van der Waals surface area contributed by atoms with Gasteiger partial charge in [0.25, 0.3) is 0 Å². The first kappa shape index (κ1) is 18.4. The van der Waals surface area contributed by atoms with Crippen LogP contribution in [0.2, 0.25) is 0 Å². The third-order valence-electron chi connectivity index (χ3n) is 6.22. The van der Waals surface area contributed by atoms with Crippen LogP contribution in [0, 0.1) is 0 Å². The summed E-state index contributed by atoms with van der Waals surface area (Å²) in [6.07, 6.45) is 4.99. The molecule has 1 aromatic carbocycles. The SMILES string of the molecule is CCCn1c2nc(C3(O)CCCC3)nc-2c2n(c1=O)C[C@@H](Cc1ccccc1)N2. The Kier molecular flexibility index (Phi) is 4.42. The van der Waals surface area contributed by atoms with E-state index in [9.17, 15) is 9.90 Å². The topological polar surface area (TPSA) is 85.0 Å². The maximum atomic E-state index is 13.2. The zero-order valence-corrected chi connectivity index (χ0v) is 16.8. The molecule has 152 valence electrons. The Bertz CT molecular complexity index is 1050. The molecular weight excluding hydrogens is 366 g/mol. The minimum absolute atomic E-state index is 0.0535. The second-order valence-electron chi connectivity index (χ2n) is 8.38. The molecular formula is C22H27N5O2. The average Bonchev–Trinajstić information content (AvgIpc) is 3.44. The predicted molar refractivity (Wildman–Crippen MR) is 111 cm³/mol. The van der Waals surface area contributed by atoms with Crippen LogP contribution in [-0.4, -0.2) is 30.3 Å². The molecule has 0 radical (unpaired) electrons. The highest BCUT2D eigenvalue weighted by Gasteiger charge is 2.40. The third-order valence-corrected chi connectivity index (χ3v) is 6.22. The lowest BCUT2D eigenvalue weighted by Crippen LogP contribution is -2.32. The van der Waals surface area contributed by atoms with Crippen molar-refractivity contribution in [3.8, 4) is 11.5 Å². The highest BCUT2D eigenvalue weighted by Crippen LogP contribution is 2.40. The summed E-state index contributed by atoms with van der Waals surface area (Å²) in [5, 5.41) is 14.5. The van der Waals surface area contributed by atoms with Crippen LogP contribution >= 0.6 is 0 Å². The quantitative estimate of drug-likeness (QED) is 0.696. The summed E-state index contributed by atoms with van der Waals surface area (Å²) in [6, 6.07) is 10.4. The van der Waals surface area contributed by atoms with E-state index in [2.05, 4.69) is 29.4 Å². The predicted octanol–water partition coefficient (Wildman–Crippen LogP) is 2.75. The molecule has 1 fully saturated rings. The first-order chi connectivity index (χ1) is 14.1. The van der Waals surface area contributed by atoms with Crippen molar-refractivity contribution in [2.45, 2.75) is 70.2 Å². The molecule has 5 rings (SSSR count). The fourth-order valence-electron chi connectivity index (χ4n) is 4.75. The third kappa shape index (κ3) is 3.04. The zero-order chi connectivity index (χ0) is 20.0. The maximum Gasteiger partial charge on any atom is 0.331 e. The standard InChI is InChI=1S/C22H27N5O2/c1-2-12-26-19-17(24-20(25-19)22(29)10-6-7-11-22)18-23-16(14-27(18)21(26)28)13-15-8-4-3-5-9-15/h3-5,8-9,16,23,29H,2,6-7,10-14H2,1H3/t16-/m1/s1. The zero-order valence-electron chi connectivity index (χ0n) is 16.8. The van der Waals surface area contributed by atoms with Gasteiger partial charge < -0.3 is 10.4 Å². The molecule has 7 nitrogen and oxygen atoms in total. The number of anilines is 1. The van der Waals surface area contributed by atoms with Gasteiger partial charge in [-0.1, -0.05) is 37.3 Å². The highest BCUT2D eigenvalue weighted by atomic mass is 16.3. The Balaban J connectivity index is 1.57. The van der Waals surface area contributed by atoms with Gasteiger partial charge >= 0.3 is 5.69 Å². The van der Waals surface area contributed by atoms with Crippen molar-refractivity contribution < 1.29 is 5.11 Å². The second kappa shape index (κ2) is 6.99. The van der Waals surface area contributed by atoms with Crippen LogP contribution < -0.4 is 11.0 Å². The summed E-state index contributed by atoms with van der Waals surface area (Å²) in [7, 11) is 0. The molecule has 3 aliphatic heterocycles. The number of hydrogen-bond acceptors (Lipinski definition) is 5. The molecule has 2 N–H and O–H groups in total. The smallest absolute Gasteiger partial charge is 0.331 e. The summed E-state index contributed by atoms with van der Waals surface area (Å²) < 4.78 is 3.52. The van der Waals surface area contributed by atoms with Crippen molar-refractivity contribution in [3.63, 3.8) is 0 Å². The summed E-state index contributed by atoms with van der Waals surface area (Å²) in [5.41, 5.74) is 0.912. The molecule has 0 bridgehead atoms. The van der Waals surface area contributed by atoms with Gasteiger partial charge in [0.1, 0.15) is 17.1 Å². The largest absolute Gasteiger partial charge is 0.382 e. The van der Waals surface area contributed by atoms with Gasteiger partial charge in [-0.2, -0.15) is 0 Å². The summed E-state index contributed by atoms with van der Waals surface area (Å²) in [5.74, 6) is 1.79. The van der Waals surface area contributed by atoms with Crippen LogP contribution in [0.5, 0.6) is 0 Å². The maximum absolute atomic E-state index is 13.2. The minimum atomic E-state index is -0.967. The van der Waals surface area contributed by atoms with Gasteiger partial charge in [0.15, 0.2) is 11.6 Å². The number of aromatic nitrogens is 4. The number of fused-ring (bicyclic) bond motifs is 3. The van der Waals surface area contributed by atoms with E-state index in [1.807, 2.05) is 18.2 Å². The van der Waals surface area contributed by atoms with Crippen molar-refractivity contribution in [1.82, 2.24) is 19.1 Å². The number of imidazole rings is 1. The van der Waals surface area contributed by atoms with Crippen molar-refractivity contribution >= 4 is 5.82 Å². The van der Waals surface area contributed by atoms with Crippen LogP contribution in [0.25, 0.3) is 11.5 Å². The molecule has 7 heteroatoms. The fourth-order valence-corrected chi connectivity index (χ4v) is 4.75. The van der Waals surface area contributed by atoms with E-state index in [1.54, 1.807) is 9.13 Å². The summed E-state index contributed by atoms with van der Waals surface area (Å²) in [6.45, 7) is 3.25. The molecule has 4 aliphatic rings. The number of rotatable bonds is 5. The number of benzene rings is 1.